The van der Waals surface area contributed by atoms with Gasteiger partial charge in [-0.1, -0.05) is 18.2 Å². The lowest BCUT2D eigenvalue weighted by Gasteiger charge is -2.18. The van der Waals surface area contributed by atoms with E-state index < -0.39 is 0 Å². The van der Waals surface area contributed by atoms with E-state index in [1.54, 1.807) is 0 Å². The Morgan fingerprint density at radius 2 is 1.79 bits per heavy atom. The van der Waals surface area contributed by atoms with Crippen LogP contribution in [0.1, 0.15) is 13.8 Å². The number of likely N-dealkylation sites (N-methyl/N-ethyl adjacent to an activating group) is 1. The van der Waals surface area contributed by atoms with Gasteiger partial charge in [0.15, 0.2) is 0 Å². The number of nitrogens with one attached hydrogen (secondary N) is 2. The maximum absolute atomic E-state index is 11.7. The van der Waals surface area contributed by atoms with Crippen LogP contribution in [0, 0.1) is 0 Å². The summed E-state index contributed by atoms with van der Waals surface area (Å²) in [6.07, 6.45) is 0. The summed E-state index contributed by atoms with van der Waals surface area (Å²) in [4.78, 5) is 24.9. The molecule has 0 aromatic heterocycles. The van der Waals surface area contributed by atoms with E-state index in [-0.39, 0.29) is 30.9 Å². The Balaban J connectivity index is 2.33. The molecule has 0 saturated heterocycles. The lowest BCUT2D eigenvalue weighted by atomic mass is 10.3. The minimum absolute atomic E-state index is 0.0135. The minimum atomic E-state index is -0.176. The van der Waals surface area contributed by atoms with Gasteiger partial charge in [0.25, 0.3) is 0 Å². The van der Waals surface area contributed by atoms with Crippen LogP contribution in [0.4, 0.5) is 5.69 Å². The van der Waals surface area contributed by atoms with Crippen molar-refractivity contribution in [3.63, 3.8) is 0 Å². The lowest BCUT2D eigenvalue weighted by Crippen LogP contribution is -2.42. The number of para-hydroxylation sites is 1. The molecule has 19 heavy (non-hydrogen) atoms. The Kier molecular flexibility index (Phi) is 5.85. The van der Waals surface area contributed by atoms with Crippen molar-refractivity contribution in [2.75, 3.05) is 25.0 Å². The van der Waals surface area contributed by atoms with Crippen LogP contribution in [0.2, 0.25) is 0 Å². The van der Waals surface area contributed by atoms with Crippen LogP contribution in [0.5, 0.6) is 0 Å². The monoisotopic (exact) mass is 263 g/mol. The van der Waals surface area contributed by atoms with Gasteiger partial charge in [-0.25, -0.2) is 0 Å². The predicted molar refractivity (Wildman–Crippen MR) is 76.0 cm³/mol. The second-order valence-corrected chi connectivity index (χ2v) is 4.69. The second-order valence-electron chi connectivity index (χ2n) is 4.69. The molecule has 0 radical (unpaired) electrons. The molecule has 1 aromatic carbocycles. The summed E-state index contributed by atoms with van der Waals surface area (Å²) < 4.78 is 0. The Morgan fingerprint density at radius 3 is 2.37 bits per heavy atom. The highest BCUT2D eigenvalue weighted by Crippen LogP contribution is 2.09. The molecule has 5 nitrogen and oxygen atoms in total. The van der Waals surface area contributed by atoms with E-state index in [1.165, 1.54) is 0 Å². The summed E-state index contributed by atoms with van der Waals surface area (Å²) in [7, 11) is 1.84. The van der Waals surface area contributed by atoms with Crippen molar-refractivity contribution in [2.45, 2.75) is 19.9 Å². The van der Waals surface area contributed by atoms with Crippen LogP contribution in [0.15, 0.2) is 30.3 Å². The van der Waals surface area contributed by atoms with Gasteiger partial charge in [-0.2, -0.15) is 0 Å². The zero-order valence-corrected chi connectivity index (χ0v) is 11.6. The van der Waals surface area contributed by atoms with Crippen LogP contribution >= 0.6 is 0 Å². The van der Waals surface area contributed by atoms with Crippen LogP contribution in [-0.2, 0) is 9.59 Å². The largest absolute Gasteiger partial charge is 0.365 e. The number of benzene rings is 1. The number of hydrogen-bond donors (Lipinski definition) is 2. The van der Waals surface area contributed by atoms with Crippen LogP contribution in [0.25, 0.3) is 0 Å². The molecule has 0 aliphatic heterocycles. The third-order valence-corrected chi connectivity index (χ3v) is 2.47. The van der Waals surface area contributed by atoms with Crippen molar-refractivity contribution in [1.29, 1.82) is 0 Å². The maximum atomic E-state index is 11.7. The topological polar surface area (TPSA) is 61.4 Å². The molecule has 0 unspecified atom stereocenters. The van der Waals surface area contributed by atoms with E-state index in [0.717, 1.165) is 5.69 Å². The highest BCUT2D eigenvalue weighted by molar-refractivity contribution is 5.87. The van der Waals surface area contributed by atoms with E-state index in [1.807, 2.05) is 56.1 Å². The van der Waals surface area contributed by atoms with Crippen molar-refractivity contribution in [3.8, 4) is 0 Å². The normalized spacial score (nSPS) is 10.1. The molecule has 1 rings (SSSR count). The van der Waals surface area contributed by atoms with Crippen LogP contribution < -0.4 is 15.5 Å². The molecule has 0 spiro atoms. The van der Waals surface area contributed by atoms with Crippen LogP contribution in [0.3, 0.4) is 0 Å². The Bertz CT molecular complexity index is 418. The third kappa shape index (κ3) is 5.90. The van der Waals surface area contributed by atoms with Gasteiger partial charge in [0.1, 0.15) is 0 Å². The fourth-order valence-electron chi connectivity index (χ4n) is 1.60. The lowest BCUT2D eigenvalue weighted by molar-refractivity contribution is -0.125. The third-order valence-electron chi connectivity index (χ3n) is 2.47. The summed E-state index contributed by atoms with van der Waals surface area (Å²) in [5.41, 5.74) is 0.962. The molecule has 0 aliphatic carbocycles. The molecule has 0 bridgehead atoms. The summed E-state index contributed by atoms with van der Waals surface area (Å²) in [5.74, 6) is -0.351. The average Bonchev–Trinajstić information content (AvgIpc) is 2.36. The molecule has 0 atom stereocenters. The van der Waals surface area contributed by atoms with Gasteiger partial charge >= 0.3 is 0 Å². The van der Waals surface area contributed by atoms with Crippen molar-refractivity contribution in [3.05, 3.63) is 30.3 Å². The second kappa shape index (κ2) is 7.41. The predicted octanol–water partition coefficient (Wildman–Crippen LogP) is 0.764. The fraction of sp³-hybridized carbons (Fsp3) is 0.429. The molecule has 0 aliphatic rings. The number of carbonyl (C=O) groups excluding carboxylic acids is 2. The zero-order valence-electron chi connectivity index (χ0n) is 11.6. The van der Waals surface area contributed by atoms with E-state index in [9.17, 15) is 9.59 Å². The number of hydrogen-bond acceptors (Lipinski definition) is 3. The van der Waals surface area contributed by atoms with E-state index in [4.69, 9.17) is 0 Å². The first-order valence-corrected chi connectivity index (χ1v) is 6.31. The number of rotatable bonds is 6. The first-order chi connectivity index (χ1) is 8.99. The highest BCUT2D eigenvalue weighted by Gasteiger charge is 2.09. The first kappa shape index (κ1) is 15.0. The van der Waals surface area contributed by atoms with Gasteiger partial charge in [-0.3, -0.25) is 9.59 Å². The van der Waals surface area contributed by atoms with Gasteiger partial charge in [0, 0.05) is 18.8 Å². The molecule has 0 fully saturated rings. The average molecular weight is 263 g/mol. The summed E-state index contributed by atoms with van der Waals surface area (Å²) in [6.45, 7) is 3.99. The van der Waals surface area contributed by atoms with Crippen molar-refractivity contribution in [1.82, 2.24) is 10.6 Å². The van der Waals surface area contributed by atoms with E-state index >= 15 is 0 Å². The molecular formula is C14H21N3O2. The van der Waals surface area contributed by atoms with Crippen molar-refractivity contribution < 1.29 is 9.59 Å². The summed E-state index contributed by atoms with van der Waals surface area (Å²) in [6, 6.07) is 9.70. The number of carbonyl (C=O) groups is 2. The zero-order chi connectivity index (χ0) is 14.3. The summed E-state index contributed by atoms with van der Waals surface area (Å²) in [5, 5.41) is 5.31. The molecule has 2 amide bonds. The molecule has 0 heterocycles. The number of amides is 2. The first-order valence-electron chi connectivity index (χ1n) is 6.31. The van der Waals surface area contributed by atoms with Gasteiger partial charge in [-0.05, 0) is 26.0 Å². The van der Waals surface area contributed by atoms with E-state index in [2.05, 4.69) is 10.6 Å². The van der Waals surface area contributed by atoms with E-state index in [0.29, 0.717) is 0 Å². The Hall–Kier alpha value is -2.04. The molecular weight excluding hydrogens is 242 g/mol. The van der Waals surface area contributed by atoms with Gasteiger partial charge in [0.05, 0.1) is 13.1 Å². The van der Waals surface area contributed by atoms with Gasteiger partial charge in [-0.15, -0.1) is 0 Å². The fourth-order valence-corrected chi connectivity index (χ4v) is 1.60. The minimum Gasteiger partial charge on any atom is -0.365 e. The standard InChI is InChI=1S/C14H21N3O2/c1-11(2)16-13(18)9-15-14(19)10-17(3)12-7-5-4-6-8-12/h4-8,11H,9-10H2,1-3H3,(H,15,19)(H,16,18). The Labute approximate surface area is 114 Å². The van der Waals surface area contributed by atoms with Crippen molar-refractivity contribution in [2.24, 2.45) is 0 Å². The smallest absolute Gasteiger partial charge is 0.239 e. The number of anilines is 1. The van der Waals surface area contributed by atoms with Crippen LogP contribution in [-0.4, -0.2) is 38.0 Å². The molecule has 0 saturated carbocycles. The molecule has 104 valence electrons. The van der Waals surface area contributed by atoms with Gasteiger partial charge in [0.2, 0.25) is 11.8 Å². The molecule has 1 aromatic rings. The highest BCUT2D eigenvalue weighted by atomic mass is 16.2. The Morgan fingerprint density at radius 1 is 1.16 bits per heavy atom. The maximum Gasteiger partial charge on any atom is 0.239 e. The SMILES string of the molecule is CC(C)NC(=O)CNC(=O)CN(C)c1ccccc1. The number of nitrogens with zero attached hydrogens (tertiary/aromatic N) is 1. The van der Waals surface area contributed by atoms with Gasteiger partial charge < -0.3 is 15.5 Å². The quantitative estimate of drug-likeness (QED) is 0.796. The molecule has 2 N–H and O–H groups in total. The summed E-state index contributed by atoms with van der Waals surface area (Å²) >= 11 is 0. The van der Waals surface area contributed by atoms with Crippen molar-refractivity contribution >= 4 is 17.5 Å². The molecule has 5 heteroatoms.